The molecule has 1 aliphatic carbocycles. The third-order valence-electron chi connectivity index (χ3n) is 27.5. The number of benzene rings is 21. The van der Waals surface area contributed by atoms with Crippen molar-refractivity contribution < 1.29 is 9.13 Å². The molecule has 137 heavy (non-hydrogen) atoms. The minimum absolute atomic E-state index is 0.504. The lowest BCUT2D eigenvalue weighted by Crippen LogP contribution is -2.28. The second kappa shape index (κ2) is 33.8. The summed E-state index contributed by atoms with van der Waals surface area (Å²) in [5.74, 6) is 1.93. The molecule has 644 valence electrons. The highest BCUT2D eigenvalue weighted by Crippen LogP contribution is 2.57. The maximum absolute atomic E-state index is 15.9. The lowest BCUT2D eigenvalue weighted by Gasteiger charge is -2.34. The molecule has 0 saturated carbocycles. The third-order valence-corrected chi connectivity index (χ3v) is 33.5. The van der Waals surface area contributed by atoms with E-state index < -0.39 is 19.7 Å². The van der Waals surface area contributed by atoms with E-state index in [1.54, 1.807) is 0 Å². The van der Waals surface area contributed by atoms with Crippen LogP contribution in [-0.2, 0) is 14.5 Å². The number of para-hydroxylation sites is 2. The number of fused-ring (bicyclic) bond motifs is 22. The smallest absolute Gasteiger partial charge is 0.171 e. The lowest BCUT2D eigenvalue weighted by molar-refractivity contribution is 0.591. The van der Waals surface area contributed by atoms with E-state index in [1.807, 2.05) is 140 Å². The normalized spacial score (nSPS) is 12.4. The first kappa shape index (κ1) is 81.8. The Bertz CT molecular complexity index is 9200. The summed E-state index contributed by atoms with van der Waals surface area (Å²) in [7, 11) is -6.47. The maximum Gasteiger partial charge on any atom is 0.171 e. The minimum Gasteiger partial charge on any atom is -0.309 e. The summed E-state index contributed by atoms with van der Waals surface area (Å²) < 4.78 is 35.7. The van der Waals surface area contributed by atoms with Crippen LogP contribution in [0.3, 0.4) is 0 Å². The number of aromatic nitrogens is 7. The van der Waals surface area contributed by atoms with E-state index >= 15 is 9.13 Å². The topological polar surface area (TPSA) is 107 Å². The zero-order valence-electron chi connectivity index (χ0n) is 74.3. The zero-order chi connectivity index (χ0) is 91.1. The van der Waals surface area contributed by atoms with Gasteiger partial charge in [0, 0.05) is 70.1 Å². The van der Waals surface area contributed by atoms with Gasteiger partial charge in [-0.15, -0.1) is 0 Å². The molecule has 0 radical (unpaired) electrons. The van der Waals surface area contributed by atoms with Crippen molar-refractivity contribution in [2.75, 3.05) is 0 Å². The standard InChI is InChI=1S/C46H31N3.C41H27N2OP.C39H25N2OP/c1-5-15-32(16-6-1)33-25-27-35(28-26-33)44-47-43(34-17-7-2-8-18-34)48-45(49-44)36-29-30-40-39-23-13-14-24-41(39)46(42(40)31-36,37-19-9-3-10-20-37)38-21-11-4-12-22-38;44-45(32-13-3-1-4-14-32,33-15-5-2-6-16-33)34-22-24-38-40(27-34)43-39-26-31(30-20-19-28-11-7-8-12-29(28)25-30)21-23-36(39)35-17-9-10-18-37(35)41(43)42-38;42-43(30-19-17-26-9-1-3-11-28(26)23-30,31-20-18-27-10-2-4-12-29(27)24-31)32-21-22-34-33-13-5-6-14-35(33)39-40-36-15-7-8-16-37(36)41(39)38(34)25-32/h1-31H;1-27H;1-25H. The number of imidazole rings is 2. The molecule has 0 bridgehead atoms. The van der Waals surface area contributed by atoms with Gasteiger partial charge >= 0.3 is 0 Å². The molecule has 5 heterocycles. The molecule has 9 nitrogen and oxygen atoms in total. The molecule has 21 aromatic carbocycles. The van der Waals surface area contributed by atoms with Crippen LogP contribution in [0.1, 0.15) is 22.3 Å². The van der Waals surface area contributed by atoms with Crippen molar-refractivity contribution in [2.45, 2.75) is 5.41 Å². The quantitative estimate of drug-likeness (QED) is 0.0836. The van der Waals surface area contributed by atoms with E-state index in [9.17, 15) is 0 Å². The van der Waals surface area contributed by atoms with Gasteiger partial charge in [-0.05, 0) is 165 Å². The van der Waals surface area contributed by atoms with Crippen molar-refractivity contribution in [1.29, 1.82) is 0 Å². The number of hydrogen-bond donors (Lipinski definition) is 0. The molecule has 11 heteroatoms. The van der Waals surface area contributed by atoms with Gasteiger partial charge in [0.15, 0.2) is 31.8 Å². The van der Waals surface area contributed by atoms with Crippen LogP contribution in [0, 0.1) is 0 Å². The van der Waals surface area contributed by atoms with Gasteiger partial charge in [-0.2, -0.15) is 0 Å². The summed E-state index contributed by atoms with van der Waals surface area (Å²) >= 11 is 0. The third kappa shape index (κ3) is 14.0. The Balaban J connectivity index is 0.000000109. The maximum atomic E-state index is 15.9. The number of hydrogen-bond acceptors (Lipinski definition) is 7. The highest BCUT2D eigenvalue weighted by molar-refractivity contribution is 7.85. The van der Waals surface area contributed by atoms with Crippen molar-refractivity contribution in [3.8, 4) is 67.5 Å². The van der Waals surface area contributed by atoms with Crippen LogP contribution in [0.5, 0.6) is 0 Å². The van der Waals surface area contributed by atoms with Crippen molar-refractivity contribution >= 4 is 155 Å². The summed E-state index contributed by atoms with van der Waals surface area (Å²) in [6.07, 6.45) is 0. The molecule has 26 aromatic rings. The van der Waals surface area contributed by atoms with Crippen molar-refractivity contribution in [3.05, 3.63) is 526 Å². The first-order chi connectivity index (χ1) is 67.6. The Labute approximate surface area is 791 Å². The second-order valence-electron chi connectivity index (χ2n) is 35.1. The van der Waals surface area contributed by atoms with Crippen LogP contribution < -0.4 is 31.8 Å². The molecule has 0 atom stereocenters. The summed E-state index contributed by atoms with van der Waals surface area (Å²) in [4.78, 5) is 25.5. The van der Waals surface area contributed by atoms with Crippen molar-refractivity contribution in [3.63, 3.8) is 0 Å². The molecular weight excluding hydrogens is 1710 g/mol. The average Bonchev–Trinajstić information content (AvgIpc) is 1.53. The molecule has 5 aromatic heterocycles. The average molecular weight is 1790 g/mol. The molecule has 0 N–H and O–H groups in total. The van der Waals surface area contributed by atoms with Gasteiger partial charge in [0.05, 0.1) is 38.5 Å². The monoisotopic (exact) mass is 1790 g/mol. The fourth-order valence-electron chi connectivity index (χ4n) is 20.9. The Hall–Kier alpha value is -17.2. The highest BCUT2D eigenvalue weighted by Gasteiger charge is 2.46. The molecule has 0 saturated heterocycles. The van der Waals surface area contributed by atoms with Crippen LogP contribution in [0.25, 0.3) is 177 Å². The van der Waals surface area contributed by atoms with E-state index in [0.717, 1.165) is 153 Å². The Kier molecular flexibility index (Phi) is 20.2. The van der Waals surface area contributed by atoms with Crippen LogP contribution in [0.15, 0.2) is 504 Å². The number of nitrogens with zero attached hydrogens (tertiary/aromatic N) is 7. The molecule has 0 amide bonds. The molecular formula is C126H83N7O2P2. The molecule has 0 aliphatic heterocycles. The van der Waals surface area contributed by atoms with E-state index in [0.29, 0.717) is 17.5 Å². The highest BCUT2D eigenvalue weighted by atomic mass is 31.2. The number of rotatable bonds is 13. The largest absolute Gasteiger partial charge is 0.309 e. The molecule has 1 aliphatic rings. The zero-order valence-corrected chi connectivity index (χ0v) is 76.1. The van der Waals surface area contributed by atoms with E-state index in [2.05, 4.69) is 373 Å². The van der Waals surface area contributed by atoms with Gasteiger partial charge in [0.2, 0.25) is 0 Å². The Morgan fingerprint density at radius 3 is 1.12 bits per heavy atom. The van der Waals surface area contributed by atoms with Gasteiger partial charge in [0.1, 0.15) is 11.3 Å². The summed E-state index contributed by atoms with van der Waals surface area (Å²) in [6.45, 7) is 0. The number of pyridine rings is 2. The van der Waals surface area contributed by atoms with Gasteiger partial charge in [0.25, 0.3) is 0 Å². The molecule has 0 spiro atoms. The summed E-state index contributed by atoms with van der Waals surface area (Å²) in [5.41, 5.74) is 22.1. The summed E-state index contributed by atoms with van der Waals surface area (Å²) in [5, 5.41) is 18.5. The first-order valence-corrected chi connectivity index (χ1v) is 49.7. The van der Waals surface area contributed by atoms with Crippen LogP contribution in [0.2, 0.25) is 0 Å². The van der Waals surface area contributed by atoms with Gasteiger partial charge < -0.3 is 9.13 Å². The minimum atomic E-state index is -3.30. The first-order valence-electron chi connectivity index (χ1n) is 46.3. The predicted octanol–water partition coefficient (Wildman–Crippen LogP) is 28.9. The predicted molar refractivity (Wildman–Crippen MR) is 571 cm³/mol. The summed E-state index contributed by atoms with van der Waals surface area (Å²) in [6, 6.07) is 175. The molecule has 0 fully saturated rings. The van der Waals surface area contributed by atoms with E-state index in [-0.39, 0.29) is 0 Å². The van der Waals surface area contributed by atoms with Crippen LogP contribution in [0.4, 0.5) is 0 Å². The van der Waals surface area contributed by atoms with Crippen LogP contribution >= 0.6 is 14.3 Å². The fourth-order valence-corrected chi connectivity index (χ4v) is 26.2. The SMILES string of the molecule is O=P(c1ccc2ccccc2c1)(c1ccc2ccccc2c1)c1ccc2c3ccccc3c3nc4ccccc4n3c2c1.O=P(c1ccccc1)(c1ccccc1)c1ccc2nc3c4ccccc4c4ccc(-c5ccc6ccccc6c5)cc4n3c2c1.c1ccc(-c2ccc(-c3nc(-c4ccccc4)nc(-c4ccc5c(c4)C(c4ccccc4)(c4ccccc4)c4ccccc4-5)n3)cc2)cc1. The molecule has 0 unspecified atom stereocenters. The van der Waals surface area contributed by atoms with Gasteiger partial charge in [-0.3, -0.25) is 8.80 Å². The van der Waals surface area contributed by atoms with E-state index in [4.69, 9.17) is 24.9 Å². The Morgan fingerprint density at radius 2 is 0.540 bits per heavy atom. The van der Waals surface area contributed by atoms with E-state index in [1.165, 1.54) is 60.7 Å². The van der Waals surface area contributed by atoms with Gasteiger partial charge in [-0.25, -0.2) is 24.9 Å². The second-order valence-corrected chi connectivity index (χ2v) is 40.7. The molecule has 27 rings (SSSR count). The van der Waals surface area contributed by atoms with Crippen LogP contribution in [-0.4, -0.2) is 33.7 Å². The van der Waals surface area contributed by atoms with Gasteiger partial charge in [-0.1, -0.05) is 437 Å². The fraction of sp³-hybridized carbons (Fsp3) is 0.00794. The van der Waals surface area contributed by atoms with Crippen molar-refractivity contribution in [2.24, 2.45) is 0 Å². The van der Waals surface area contributed by atoms with Crippen molar-refractivity contribution in [1.82, 2.24) is 33.7 Å². The Morgan fingerprint density at radius 1 is 0.190 bits per heavy atom. The lowest BCUT2D eigenvalue weighted by atomic mass is 9.67.